The summed E-state index contributed by atoms with van der Waals surface area (Å²) < 4.78 is 48.8. The van der Waals surface area contributed by atoms with Crippen molar-refractivity contribution < 1.29 is 27.5 Å². The van der Waals surface area contributed by atoms with E-state index in [0.29, 0.717) is 0 Å². The van der Waals surface area contributed by atoms with E-state index in [-0.39, 0.29) is 11.4 Å². The predicted molar refractivity (Wildman–Crippen MR) is 50.6 cm³/mol. The molecule has 0 fully saturated rings. The van der Waals surface area contributed by atoms with Crippen molar-refractivity contribution in [1.29, 1.82) is 0 Å². The molecule has 0 aliphatic rings. The van der Waals surface area contributed by atoms with E-state index in [9.17, 15) is 22.4 Å². The van der Waals surface area contributed by atoms with E-state index in [4.69, 9.17) is 5.11 Å². The van der Waals surface area contributed by atoms with E-state index >= 15 is 0 Å². The SMILES string of the molecule is O=C(O)c1cccnc1NCC(F)(F)C(F)F. The fraction of sp³-hybridized carbons (Fsp3) is 0.333. The van der Waals surface area contributed by atoms with E-state index in [1.807, 2.05) is 5.32 Å². The lowest BCUT2D eigenvalue weighted by atomic mass is 10.2. The van der Waals surface area contributed by atoms with Gasteiger partial charge in [0.25, 0.3) is 0 Å². The molecule has 0 aromatic carbocycles. The molecule has 1 rings (SSSR count). The molecule has 0 atom stereocenters. The Labute approximate surface area is 93.3 Å². The van der Waals surface area contributed by atoms with Crippen molar-refractivity contribution in [3.8, 4) is 0 Å². The highest BCUT2D eigenvalue weighted by Crippen LogP contribution is 2.23. The summed E-state index contributed by atoms with van der Waals surface area (Å²) >= 11 is 0. The van der Waals surface area contributed by atoms with Crippen molar-refractivity contribution in [2.24, 2.45) is 0 Å². The Morgan fingerprint density at radius 3 is 2.71 bits per heavy atom. The van der Waals surface area contributed by atoms with E-state index < -0.39 is 24.9 Å². The van der Waals surface area contributed by atoms with Crippen molar-refractivity contribution in [2.45, 2.75) is 12.3 Å². The highest BCUT2D eigenvalue weighted by atomic mass is 19.3. The minimum atomic E-state index is -4.24. The third-order valence-corrected chi connectivity index (χ3v) is 1.85. The van der Waals surface area contributed by atoms with Crippen LogP contribution < -0.4 is 5.32 Å². The van der Waals surface area contributed by atoms with Gasteiger partial charge in [0.2, 0.25) is 0 Å². The van der Waals surface area contributed by atoms with Crippen molar-refractivity contribution in [1.82, 2.24) is 4.98 Å². The fourth-order valence-electron chi connectivity index (χ4n) is 0.997. The zero-order chi connectivity index (χ0) is 13.1. The number of pyridine rings is 1. The van der Waals surface area contributed by atoms with Gasteiger partial charge in [0.1, 0.15) is 11.4 Å². The molecule has 2 N–H and O–H groups in total. The van der Waals surface area contributed by atoms with Crippen LogP contribution in [0.1, 0.15) is 10.4 Å². The van der Waals surface area contributed by atoms with Crippen LogP contribution in [0.3, 0.4) is 0 Å². The summed E-state index contributed by atoms with van der Waals surface area (Å²) in [5.41, 5.74) is -0.363. The molecule has 0 radical (unpaired) electrons. The quantitative estimate of drug-likeness (QED) is 0.788. The molecule has 0 unspecified atom stereocenters. The first-order valence-corrected chi connectivity index (χ1v) is 4.43. The van der Waals surface area contributed by atoms with Crippen LogP contribution in [-0.4, -0.2) is 35.0 Å². The third-order valence-electron chi connectivity index (χ3n) is 1.85. The van der Waals surface area contributed by atoms with Crippen LogP contribution in [0.4, 0.5) is 23.4 Å². The number of aromatic carboxylic acids is 1. The molecule has 0 bridgehead atoms. The number of carbonyl (C=O) groups is 1. The standard InChI is InChI=1S/C9H8F4N2O2/c10-8(11)9(12,13)4-15-6-5(7(16)17)2-1-3-14-6/h1-3,8H,4H2,(H,14,15)(H,16,17). The smallest absolute Gasteiger partial charge is 0.339 e. The van der Waals surface area contributed by atoms with Crippen LogP contribution in [-0.2, 0) is 0 Å². The van der Waals surface area contributed by atoms with Crippen molar-refractivity contribution in [2.75, 3.05) is 11.9 Å². The average Bonchev–Trinajstić information content (AvgIpc) is 2.26. The van der Waals surface area contributed by atoms with Crippen LogP contribution in [0, 0.1) is 0 Å². The molecule has 94 valence electrons. The predicted octanol–water partition coefficient (Wildman–Crippen LogP) is 2.09. The fourth-order valence-corrected chi connectivity index (χ4v) is 0.997. The van der Waals surface area contributed by atoms with Gasteiger partial charge in [-0.3, -0.25) is 0 Å². The number of anilines is 1. The van der Waals surface area contributed by atoms with Gasteiger partial charge in [-0.2, -0.15) is 8.78 Å². The number of alkyl halides is 4. The number of rotatable bonds is 5. The Balaban J connectivity index is 2.79. The monoisotopic (exact) mass is 252 g/mol. The molecule has 0 spiro atoms. The lowest BCUT2D eigenvalue weighted by Gasteiger charge is -2.16. The number of carboxylic acid groups (broad SMARTS) is 1. The number of nitrogens with zero attached hydrogens (tertiary/aromatic N) is 1. The van der Waals surface area contributed by atoms with Crippen molar-refractivity contribution in [3.63, 3.8) is 0 Å². The molecular weight excluding hydrogens is 244 g/mol. The molecule has 0 aliphatic carbocycles. The molecule has 0 saturated heterocycles. The minimum Gasteiger partial charge on any atom is -0.478 e. The van der Waals surface area contributed by atoms with Gasteiger partial charge < -0.3 is 10.4 Å². The maximum Gasteiger partial charge on any atom is 0.339 e. The Bertz CT molecular complexity index is 412. The Morgan fingerprint density at radius 1 is 1.53 bits per heavy atom. The summed E-state index contributed by atoms with van der Waals surface area (Å²) in [6, 6.07) is 2.41. The number of aromatic nitrogens is 1. The van der Waals surface area contributed by atoms with E-state index in [2.05, 4.69) is 4.98 Å². The van der Waals surface area contributed by atoms with Crippen molar-refractivity contribution in [3.05, 3.63) is 23.9 Å². The van der Waals surface area contributed by atoms with Gasteiger partial charge in [0, 0.05) is 6.20 Å². The van der Waals surface area contributed by atoms with Crippen LogP contribution in [0.2, 0.25) is 0 Å². The lowest BCUT2D eigenvalue weighted by molar-refractivity contribution is -0.117. The highest BCUT2D eigenvalue weighted by molar-refractivity contribution is 5.92. The van der Waals surface area contributed by atoms with Crippen LogP contribution >= 0.6 is 0 Å². The third kappa shape index (κ3) is 3.30. The number of hydrogen-bond acceptors (Lipinski definition) is 3. The second-order valence-electron chi connectivity index (χ2n) is 3.12. The van der Waals surface area contributed by atoms with Crippen LogP contribution in [0.15, 0.2) is 18.3 Å². The minimum absolute atomic E-state index is 0.363. The first-order valence-electron chi connectivity index (χ1n) is 4.43. The molecule has 0 amide bonds. The lowest BCUT2D eigenvalue weighted by Crippen LogP contribution is -2.35. The molecule has 17 heavy (non-hydrogen) atoms. The van der Waals surface area contributed by atoms with E-state index in [0.717, 1.165) is 12.3 Å². The van der Waals surface area contributed by atoms with Gasteiger partial charge >= 0.3 is 18.3 Å². The summed E-state index contributed by atoms with van der Waals surface area (Å²) in [6.07, 6.45) is -2.66. The Morgan fingerprint density at radius 2 is 2.18 bits per heavy atom. The molecule has 1 aromatic rings. The molecule has 0 saturated carbocycles. The number of halogens is 4. The second kappa shape index (κ2) is 4.98. The number of nitrogens with one attached hydrogen (secondary N) is 1. The first kappa shape index (κ1) is 13.2. The zero-order valence-corrected chi connectivity index (χ0v) is 8.33. The molecule has 1 heterocycles. The van der Waals surface area contributed by atoms with Gasteiger partial charge in [-0.15, -0.1) is 0 Å². The summed E-state index contributed by atoms with van der Waals surface area (Å²) in [4.78, 5) is 14.2. The Kier molecular flexibility index (Phi) is 3.87. The van der Waals surface area contributed by atoms with Gasteiger partial charge in [0.05, 0.1) is 6.54 Å². The normalized spacial score (nSPS) is 11.6. The van der Waals surface area contributed by atoms with Crippen molar-refractivity contribution >= 4 is 11.8 Å². The van der Waals surface area contributed by atoms with Crippen LogP contribution in [0.5, 0.6) is 0 Å². The summed E-state index contributed by atoms with van der Waals surface area (Å²) in [6.45, 7) is -1.39. The summed E-state index contributed by atoms with van der Waals surface area (Å²) in [7, 11) is 0. The maximum absolute atomic E-state index is 12.6. The molecule has 8 heteroatoms. The molecule has 1 aromatic heterocycles. The topological polar surface area (TPSA) is 62.2 Å². The van der Waals surface area contributed by atoms with Gasteiger partial charge in [-0.05, 0) is 12.1 Å². The average molecular weight is 252 g/mol. The molecule has 4 nitrogen and oxygen atoms in total. The maximum atomic E-state index is 12.6. The highest BCUT2D eigenvalue weighted by Gasteiger charge is 2.40. The Hall–Kier alpha value is -1.86. The molecule has 0 aliphatic heterocycles. The van der Waals surface area contributed by atoms with Crippen LogP contribution in [0.25, 0.3) is 0 Å². The molecular formula is C9H8F4N2O2. The van der Waals surface area contributed by atoms with Gasteiger partial charge in [-0.1, -0.05) is 0 Å². The largest absolute Gasteiger partial charge is 0.478 e. The van der Waals surface area contributed by atoms with E-state index in [1.165, 1.54) is 6.07 Å². The number of carboxylic acids is 1. The zero-order valence-electron chi connectivity index (χ0n) is 8.33. The van der Waals surface area contributed by atoms with Gasteiger partial charge in [-0.25, -0.2) is 18.6 Å². The number of hydrogen-bond donors (Lipinski definition) is 2. The summed E-state index contributed by atoms with van der Waals surface area (Å²) in [5.74, 6) is -6.01. The summed E-state index contributed by atoms with van der Waals surface area (Å²) in [5, 5.41) is 10.6. The second-order valence-corrected chi connectivity index (χ2v) is 3.12. The van der Waals surface area contributed by atoms with Gasteiger partial charge in [0.15, 0.2) is 0 Å². The van der Waals surface area contributed by atoms with E-state index in [1.54, 1.807) is 0 Å². The first-order chi connectivity index (χ1) is 7.84.